The van der Waals surface area contributed by atoms with Crippen molar-refractivity contribution in [2.75, 3.05) is 33.3 Å². The fourth-order valence-corrected chi connectivity index (χ4v) is 5.57. The van der Waals surface area contributed by atoms with Gasteiger partial charge in [0.25, 0.3) is 0 Å². The average Bonchev–Trinajstić information content (AvgIpc) is 3.27. The quantitative estimate of drug-likeness (QED) is 0.707. The van der Waals surface area contributed by atoms with Gasteiger partial charge in [-0.05, 0) is 55.9 Å². The van der Waals surface area contributed by atoms with Gasteiger partial charge in [0.05, 0.1) is 12.0 Å². The van der Waals surface area contributed by atoms with E-state index in [1.54, 1.807) is 23.1 Å². The molecule has 0 saturated carbocycles. The molecule has 2 saturated heterocycles. The minimum atomic E-state index is -3.52. The standard InChI is InChI=1S/C20H29N3O5S/c1-28-18-6-5-17(29(26,27)23-10-2-3-11-23)14-16(18)4-7-19(24)22-12-8-15(9-13-22)20(21)25/h5-6,14-15H,2-4,7-13H2,1H3,(H2,21,25). The van der Waals surface area contributed by atoms with E-state index >= 15 is 0 Å². The Morgan fingerprint density at radius 1 is 1.14 bits per heavy atom. The number of benzene rings is 1. The van der Waals surface area contributed by atoms with E-state index in [0.717, 1.165) is 12.8 Å². The lowest BCUT2D eigenvalue weighted by molar-refractivity contribution is -0.134. The number of aryl methyl sites for hydroxylation is 1. The number of carbonyl (C=O) groups is 2. The van der Waals surface area contributed by atoms with Crippen LogP contribution in [-0.4, -0.2) is 62.7 Å². The summed E-state index contributed by atoms with van der Waals surface area (Å²) >= 11 is 0. The number of methoxy groups -OCH3 is 1. The summed E-state index contributed by atoms with van der Waals surface area (Å²) < 4.78 is 32.5. The van der Waals surface area contributed by atoms with E-state index in [0.29, 0.717) is 56.8 Å². The molecule has 0 unspecified atom stereocenters. The third kappa shape index (κ3) is 4.90. The topological polar surface area (TPSA) is 110 Å². The highest BCUT2D eigenvalue weighted by molar-refractivity contribution is 7.89. The Balaban J connectivity index is 1.67. The summed E-state index contributed by atoms with van der Waals surface area (Å²) in [5.74, 6) is 0.0952. The number of likely N-dealkylation sites (tertiary alicyclic amines) is 1. The van der Waals surface area contributed by atoms with Crippen LogP contribution in [0.4, 0.5) is 0 Å². The lowest BCUT2D eigenvalue weighted by Crippen LogP contribution is -2.41. The fourth-order valence-electron chi connectivity index (χ4n) is 4.00. The number of ether oxygens (including phenoxy) is 1. The van der Waals surface area contributed by atoms with Crippen LogP contribution in [0.2, 0.25) is 0 Å². The van der Waals surface area contributed by atoms with Crippen LogP contribution < -0.4 is 10.5 Å². The van der Waals surface area contributed by atoms with E-state index in [4.69, 9.17) is 10.5 Å². The highest BCUT2D eigenvalue weighted by Crippen LogP contribution is 2.28. The van der Waals surface area contributed by atoms with Gasteiger partial charge in [-0.15, -0.1) is 0 Å². The molecule has 3 rings (SSSR count). The molecule has 0 atom stereocenters. The largest absolute Gasteiger partial charge is 0.496 e. The number of amides is 2. The van der Waals surface area contributed by atoms with Crippen LogP contribution in [0.15, 0.2) is 23.1 Å². The maximum atomic E-state index is 12.8. The van der Waals surface area contributed by atoms with Crippen molar-refractivity contribution in [3.8, 4) is 5.75 Å². The Morgan fingerprint density at radius 3 is 2.38 bits per heavy atom. The molecule has 160 valence electrons. The number of sulfonamides is 1. The minimum absolute atomic E-state index is 0.0113. The van der Waals surface area contributed by atoms with Crippen molar-refractivity contribution in [1.82, 2.24) is 9.21 Å². The van der Waals surface area contributed by atoms with Crippen molar-refractivity contribution in [2.24, 2.45) is 11.7 Å². The second kappa shape index (κ2) is 9.13. The minimum Gasteiger partial charge on any atom is -0.496 e. The monoisotopic (exact) mass is 423 g/mol. The van der Waals surface area contributed by atoms with Gasteiger partial charge in [-0.3, -0.25) is 9.59 Å². The molecule has 29 heavy (non-hydrogen) atoms. The second-order valence-electron chi connectivity index (χ2n) is 7.64. The molecule has 9 heteroatoms. The molecule has 2 aliphatic rings. The van der Waals surface area contributed by atoms with Gasteiger partial charge >= 0.3 is 0 Å². The normalized spacial score (nSPS) is 18.7. The fraction of sp³-hybridized carbons (Fsp3) is 0.600. The van der Waals surface area contributed by atoms with Gasteiger partial charge in [-0.25, -0.2) is 8.42 Å². The smallest absolute Gasteiger partial charge is 0.243 e. The van der Waals surface area contributed by atoms with E-state index in [9.17, 15) is 18.0 Å². The van der Waals surface area contributed by atoms with E-state index in [-0.39, 0.29) is 29.0 Å². The Bertz CT molecular complexity index is 857. The van der Waals surface area contributed by atoms with Gasteiger partial charge in [0.2, 0.25) is 21.8 Å². The molecular formula is C20H29N3O5S. The molecule has 8 nitrogen and oxygen atoms in total. The maximum Gasteiger partial charge on any atom is 0.243 e. The SMILES string of the molecule is COc1ccc(S(=O)(=O)N2CCCC2)cc1CCC(=O)N1CCC(C(N)=O)CC1. The van der Waals surface area contributed by atoms with Crippen molar-refractivity contribution in [3.05, 3.63) is 23.8 Å². The highest BCUT2D eigenvalue weighted by Gasteiger charge is 2.28. The zero-order chi connectivity index (χ0) is 21.0. The molecule has 2 aliphatic heterocycles. The van der Waals surface area contributed by atoms with Crippen molar-refractivity contribution in [2.45, 2.75) is 43.4 Å². The van der Waals surface area contributed by atoms with Crippen LogP contribution in [-0.2, 0) is 26.0 Å². The molecule has 0 aliphatic carbocycles. The summed E-state index contributed by atoms with van der Waals surface area (Å²) in [5, 5.41) is 0. The molecule has 1 aromatic rings. The number of primary amides is 1. The van der Waals surface area contributed by atoms with Crippen LogP contribution in [0.25, 0.3) is 0 Å². The predicted molar refractivity (Wildman–Crippen MR) is 108 cm³/mol. The average molecular weight is 424 g/mol. The van der Waals surface area contributed by atoms with Crippen LogP contribution in [0, 0.1) is 5.92 Å². The third-order valence-electron chi connectivity index (χ3n) is 5.81. The van der Waals surface area contributed by atoms with E-state index in [1.807, 2.05) is 0 Å². The van der Waals surface area contributed by atoms with Crippen molar-refractivity contribution in [3.63, 3.8) is 0 Å². The van der Waals surface area contributed by atoms with Gasteiger partial charge in [0.15, 0.2) is 0 Å². The molecule has 2 heterocycles. The number of rotatable bonds is 7. The van der Waals surface area contributed by atoms with E-state index in [2.05, 4.69) is 0 Å². The summed E-state index contributed by atoms with van der Waals surface area (Å²) in [6.07, 6.45) is 3.58. The molecule has 0 radical (unpaired) electrons. The first-order valence-corrected chi connectivity index (χ1v) is 11.5. The zero-order valence-electron chi connectivity index (χ0n) is 16.8. The van der Waals surface area contributed by atoms with Gasteiger partial charge < -0.3 is 15.4 Å². The summed E-state index contributed by atoms with van der Waals surface area (Å²) in [6.45, 7) is 2.13. The Morgan fingerprint density at radius 2 is 1.79 bits per heavy atom. The number of carbonyl (C=O) groups excluding carboxylic acids is 2. The summed E-state index contributed by atoms with van der Waals surface area (Å²) in [7, 11) is -1.99. The molecule has 2 N–H and O–H groups in total. The molecule has 0 aromatic heterocycles. The third-order valence-corrected chi connectivity index (χ3v) is 7.71. The van der Waals surface area contributed by atoms with Crippen molar-refractivity contribution < 1.29 is 22.7 Å². The van der Waals surface area contributed by atoms with Crippen LogP contribution in [0.1, 0.15) is 37.7 Å². The number of nitrogens with zero attached hydrogens (tertiary/aromatic N) is 2. The van der Waals surface area contributed by atoms with Crippen LogP contribution in [0.3, 0.4) is 0 Å². The van der Waals surface area contributed by atoms with Crippen LogP contribution >= 0.6 is 0 Å². The van der Waals surface area contributed by atoms with E-state index < -0.39 is 10.0 Å². The molecule has 1 aromatic carbocycles. The Labute approximate surface area is 172 Å². The summed E-state index contributed by atoms with van der Waals surface area (Å²) in [6, 6.07) is 4.84. The van der Waals surface area contributed by atoms with E-state index in [1.165, 1.54) is 11.4 Å². The molecule has 0 spiro atoms. The number of hydrogen-bond donors (Lipinski definition) is 1. The summed E-state index contributed by atoms with van der Waals surface area (Å²) in [5.41, 5.74) is 6.04. The summed E-state index contributed by atoms with van der Waals surface area (Å²) in [4.78, 5) is 25.8. The Hall–Kier alpha value is -2.13. The molecule has 0 bridgehead atoms. The molecule has 2 fully saturated rings. The lowest BCUT2D eigenvalue weighted by atomic mass is 9.96. The van der Waals surface area contributed by atoms with Crippen LogP contribution in [0.5, 0.6) is 5.75 Å². The lowest BCUT2D eigenvalue weighted by Gasteiger charge is -2.30. The number of nitrogens with two attached hydrogens (primary N) is 1. The van der Waals surface area contributed by atoms with Crippen molar-refractivity contribution >= 4 is 21.8 Å². The van der Waals surface area contributed by atoms with Gasteiger partial charge in [0, 0.05) is 38.5 Å². The van der Waals surface area contributed by atoms with Gasteiger partial charge in [0.1, 0.15) is 5.75 Å². The molecular weight excluding hydrogens is 394 g/mol. The molecule has 2 amide bonds. The Kier molecular flexibility index (Phi) is 6.79. The first-order valence-electron chi connectivity index (χ1n) is 10.1. The number of hydrogen-bond acceptors (Lipinski definition) is 5. The number of piperidine rings is 1. The zero-order valence-corrected chi connectivity index (χ0v) is 17.6. The van der Waals surface area contributed by atoms with Gasteiger partial charge in [-0.1, -0.05) is 0 Å². The van der Waals surface area contributed by atoms with Gasteiger partial charge in [-0.2, -0.15) is 4.31 Å². The second-order valence-corrected chi connectivity index (χ2v) is 9.58. The maximum absolute atomic E-state index is 12.8. The first kappa shape index (κ1) is 21.6. The van der Waals surface area contributed by atoms with Crippen molar-refractivity contribution in [1.29, 1.82) is 0 Å². The predicted octanol–water partition coefficient (Wildman–Crippen LogP) is 1.14. The first-order chi connectivity index (χ1) is 13.8. The highest BCUT2D eigenvalue weighted by atomic mass is 32.2.